The van der Waals surface area contributed by atoms with Crippen molar-refractivity contribution >= 4 is 10.8 Å². The van der Waals surface area contributed by atoms with Gasteiger partial charge in [0, 0.05) is 11.4 Å². The Kier molecular flexibility index (Phi) is 4.09. The van der Waals surface area contributed by atoms with Crippen molar-refractivity contribution in [2.75, 3.05) is 13.1 Å². The summed E-state index contributed by atoms with van der Waals surface area (Å²) in [6.45, 7) is -0.287. The van der Waals surface area contributed by atoms with E-state index < -0.39 is 39.3 Å². The second-order valence-electron chi connectivity index (χ2n) is 4.75. The van der Waals surface area contributed by atoms with Gasteiger partial charge in [-0.05, 0) is 30.7 Å². The molecule has 118 valence electrons. The molecule has 1 aromatic carbocycles. The molecule has 0 aromatic heterocycles. The second kappa shape index (κ2) is 5.28. The Balaban J connectivity index is 2.48. The Labute approximate surface area is 119 Å². The zero-order valence-electron chi connectivity index (χ0n) is 10.5. The first kappa shape index (κ1) is 16.3. The fourth-order valence-electron chi connectivity index (χ4n) is 2.39. The van der Waals surface area contributed by atoms with Gasteiger partial charge in [0.1, 0.15) is 5.41 Å². The molecule has 1 N–H and O–H groups in total. The van der Waals surface area contributed by atoms with Gasteiger partial charge in [-0.2, -0.15) is 26.3 Å². The van der Waals surface area contributed by atoms with Gasteiger partial charge in [0.05, 0.1) is 0 Å². The van der Waals surface area contributed by atoms with E-state index in [0.29, 0.717) is 0 Å². The highest BCUT2D eigenvalue weighted by Gasteiger charge is 2.57. The van der Waals surface area contributed by atoms with E-state index in [1.807, 2.05) is 0 Å². The fourth-order valence-corrected chi connectivity index (χ4v) is 3.09. The van der Waals surface area contributed by atoms with Crippen LogP contribution >= 0.6 is 0 Å². The summed E-state index contributed by atoms with van der Waals surface area (Å²) in [5.41, 5.74) is -7.54. The molecular formula is C12H11F6NOS. The number of benzene rings is 1. The summed E-state index contributed by atoms with van der Waals surface area (Å²) < 4.78 is 88.6. The summed E-state index contributed by atoms with van der Waals surface area (Å²) in [5.74, 6) is 0. The van der Waals surface area contributed by atoms with Crippen LogP contribution in [0.5, 0.6) is 0 Å². The van der Waals surface area contributed by atoms with Crippen molar-refractivity contribution in [2.45, 2.75) is 28.4 Å². The third kappa shape index (κ3) is 2.94. The Morgan fingerprint density at radius 2 is 1.81 bits per heavy atom. The average molecular weight is 331 g/mol. The van der Waals surface area contributed by atoms with Crippen LogP contribution < -0.4 is 5.32 Å². The highest BCUT2D eigenvalue weighted by Crippen LogP contribution is 2.45. The first-order chi connectivity index (χ1) is 9.58. The standard InChI is InChI=1S/C12H11F6NOS/c13-11(14,15)10(4-5-19-7-10)8-2-1-3-9(6-8)21(20)12(16,17)18/h1-3,6,19H,4-5,7H2/t10-,21-/m1/s1. The van der Waals surface area contributed by atoms with Gasteiger partial charge in [0.25, 0.3) is 0 Å². The maximum atomic E-state index is 13.3. The number of alkyl halides is 6. The van der Waals surface area contributed by atoms with Crippen LogP contribution in [0.3, 0.4) is 0 Å². The van der Waals surface area contributed by atoms with Crippen LogP contribution in [0, 0.1) is 0 Å². The van der Waals surface area contributed by atoms with E-state index in [1.54, 1.807) is 0 Å². The van der Waals surface area contributed by atoms with Gasteiger partial charge in [-0.1, -0.05) is 12.1 Å². The number of hydrogen-bond acceptors (Lipinski definition) is 2. The maximum Gasteiger partial charge on any atom is 0.475 e. The molecule has 1 fully saturated rings. The highest BCUT2D eigenvalue weighted by molar-refractivity contribution is 7.86. The quantitative estimate of drug-likeness (QED) is 0.844. The maximum absolute atomic E-state index is 13.3. The van der Waals surface area contributed by atoms with Gasteiger partial charge >= 0.3 is 11.7 Å². The minimum absolute atomic E-state index is 0.117. The van der Waals surface area contributed by atoms with E-state index >= 15 is 0 Å². The summed E-state index contributed by atoms with van der Waals surface area (Å²) in [4.78, 5) is -0.671. The second-order valence-corrected chi connectivity index (χ2v) is 6.22. The average Bonchev–Trinajstić information content (AvgIpc) is 2.87. The number of nitrogens with one attached hydrogen (secondary N) is 1. The summed E-state index contributed by atoms with van der Waals surface area (Å²) >= 11 is 0. The van der Waals surface area contributed by atoms with Crippen LogP contribution in [0.25, 0.3) is 0 Å². The van der Waals surface area contributed by atoms with Crippen LogP contribution in [0.4, 0.5) is 26.3 Å². The zero-order chi connectivity index (χ0) is 15.9. The molecule has 21 heavy (non-hydrogen) atoms. The van der Waals surface area contributed by atoms with Gasteiger partial charge < -0.3 is 5.32 Å². The molecule has 1 aromatic rings. The summed E-state index contributed by atoms with van der Waals surface area (Å²) in [6, 6.07) is 3.85. The SMILES string of the molecule is O=[S@](c1cccc([C@@]2(C(F)(F)F)CCNC2)c1)C(F)(F)F. The minimum Gasteiger partial charge on any atom is -0.315 e. The predicted molar refractivity (Wildman–Crippen MR) is 64.1 cm³/mol. The van der Waals surface area contributed by atoms with Crippen molar-refractivity contribution < 1.29 is 30.6 Å². The van der Waals surface area contributed by atoms with Crippen LogP contribution in [0.1, 0.15) is 12.0 Å². The van der Waals surface area contributed by atoms with Gasteiger partial charge in [0.15, 0.2) is 10.8 Å². The summed E-state index contributed by atoms with van der Waals surface area (Å²) in [6.07, 6.45) is -4.87. The highest BCUT2D eigenvalue weighted by atomic mass is 32.2. The lowest BCUT2D eigenvalue weighted by atomic mass is 9.79. The molecule has 0 spiro atoms. The lowest BCUT2D eigenvalue weighted by Gasteiger charge is -2.31. The molecule has 0 radical (unpaired) electrons. The molecule has 0 aliphatic carbocycles. The number of hydrogen-bond donors (Lipinski definition) is 1. The van der Waals surface area contributed by atoms with E-state index in [1.165, 1.54) is 0 Å². The third-order valence-corrected chi connectivity index (χ3v) is 4.61. The van der Waals surface area contributed by atoms with Crippen molar-refractivity contribution in [3.8, 4) is 0 Å². The molecule has 0 unspecified atom stereocenters. The molecule has 2 nitrogen and oxygen atoms in total. The van der Waals surface area contributed by atoms with E-state index in [-0.39, 0.29) is 18.5 Å². The molecular weight excluding hydrogens is 320 g/mol. The van der Waals surface area contributed by atoms with Crippen LogP contribution in [0.15, 0.2) is 29.2 Å². The third-order valence-electron chi connectivity index (χ3n) is 3.51. The topological polar surface area (TPSA) is 29.1 Å². The van der Waals surface area contributed by atoms with E-state index in [0.717, 1.165) is 24.3 Å². The first-order valence-corrected chi connectivity index (χ1v) is 7.09. The number of halogens is 6. The molecule has 1 heterocycles. The Bertz CT molecular complexity index is 547. The van der Waals surface area contributed by atoms with Crippen LogP contribution in [-0.2, 0) is 16.2 Å². The van der Waals surface area contributed by atoms with Crippen LogP contribution in [-0.4, -0.2) is 29.0 Å². The Hall–Kier alpha value is -1.09. The van der Waals surface area contributed by atoms with Crippen molar-refractivity contribution in [3.63, 3.8) is 0 Å². The lowest BCUT2D eigenvalue weighted by molar-refractivity contribution is -0.185. The monoisotopic (exact) mass is 331 g/mol. The number of rotatable bonds is 2. The van der Waals surface area contributed by atoms with E-state index in [2.05, 4.69) is 5.32 Å². The fraction of sp³-hybridized carbons (Fsp3) is 0.500. The predicted octanol–water partition coefficient (Wildman–Crippen LogP) is 3.11. The summed E-state index contributed by atoms with van der Waals surface area (Å²) in [7, 11) is -3.34. The van der Waals surface area contributed by atoms with Crippen LogP contribution in [0.2, 0.25) is 0 Å². The molecule has 9 heteroatoms. The molecule has 2 atom stereocenters. The van der Waals surface area contributed by atoms with Gasteiger partial charge in [0.2, 0.25) is 0 Å². The van der Waals surface area contributed by atoms with Gasteiger partial charge in [-0.25, -0.2) is 4.21 Å². The van der Waals surface area contributed by atoms with Crippen molar-refractivity contribution in [2.24, 2.45) is 0 Å². The molecule has 1 aliphatic heterocycles. The Morgan fingerprint density at radius 3 is 2.29 bits per heavy atom. The van der Waals surface area contributed by atoms with Crippen molar-refractivity contribution in [3.05, 3.63) is 29.8 Å². The first-order valence-electron chi connectivity index (χ1n) is 5.94. The lowest BCUT2D eigenvalue weighted by Crippen LogP contribution is -2.44. The molecule has 0 saturated carbocycles. The molecule has 0 amide bonds. The van der Waals surface area contributed by atoms with Crippen molar-refractivity contribution in [1.29, 1.82) is 0 Å². The largest absolute Gasteiger partial charge is 0.475 e. The summed E-state index contributed by atoms with van der Waals surface area (Å²) in [5, 5.41) is 2.58. The van der Waals surface area contributed by atoms with Gasteiger partial charge in [-0.3, -0.25) is 0 Å². The minimum atomic E-state index is -5.00. The van der Waals surface area contributed by atoms with Gasteiger partial charge in [-0.15, -0.1) is 0 Å². The smallest absolute Gasteiger partial charge is 0.315 e. The molecule has 0 bridgehead atoms. The van der Waals surface area contributed by atoms with E-state index in [4.69, 9.17) is 0 Å². The molecule has 1 aliphatic rings. The van der Waals surface area contributed by atoms with Crippen molar-refractivity contribution in [1.82, 2.24) is 5.32 Å². The molecule has 1 saturated heterocycles. The van der Waals surface area contributed by atoms with E-state index in [9.17, 15) is 30.6 Å². The normalized spacial score (nSPS) is 25.0. The zero-order valence-corrected chi connectivity index (χ0v) is 11.3. The Morgan fingerprint density at radius 1 is 1.14 bits per heavy atom. The molecule has 2 rings (SSSR count).